The smallest absolute Gasteiger partial charge is 0.0984 e. The Hall–Kier alpha value is -2.10. The van der Waals surface area contributed by atoms with Crippen molar-refractivity contribution < 1.29 is 0 Å². The summed E-state index contributed by atoms with van der Waals surface area (Å²) in [6.07, 6.45) is 1.000. The molecule has 0 atom stereocenters. The first-order valence-electron chi connectivity index (χ1n) is 7.63. The molecule has 2 aromatic heterocycles. The van der Waals surface area contributed by atoms with Crippen LogP contribution in [0.1, 0.15) is 16.1 Å². The summed E-state index contributed by atoms with van der Waals surface area (Å²) >= 11 is 7.89. The topological polar surface area (TPSA) is 28.1 Å². The van der Waals surface area contributed by atoms with Gasteiger partial charge in [0.25, 0.3) is 0 Å². The average molecular weight is 337 g/mol. The molecule has 0 saturated heterocycles. The minimum absolute atomic E-state index is 0.777. The number of hydrogen-bond donors (Lipinski definition) is 1. The van der Waals surface area contributed by atoms with Crippen molar-refractivity contribution in [2.45, 2.75) is 6.42 Å². The molecule has 4 heteroatoms. The molecule has 112 valence electrons. The number of halogens is 1. The van der Waals surface area contributed by atoms with Crippen LogP contribution in [0, 0.1) is 0 Å². The van der Waals surface area contributed by atoms with E-state index in [1.165, 1.54) is 37.1 Å². The van der Waals surface area contributed by atoms with Gasteiger partial charge in [-0.05, 0) is 47.7 Å². The van der Waals surface area contributed by atoms with Gasteiger partial charge in [0, 0.05) is 27.2 Å². The van der Waals surface area contributed by atoms with Crippen LogP contribution in [0.15, 0.2) is 53.5 Å². The highest BCUT2D eigenvalue weighted by Gasteiger charge is 2.21. The van der Waals surface area contributed by atoms with Gasteiger partial charge in [0.2, 0.25) is 0 Å². The quantitative estimate of drug-likeness (QED) is 0.480. The van der Waals surface area contributed by atoms with Gasteiger partial charge in [-0.3, -0.25) is 4.99 Å². The van der Waals surface area contributed by atoms with Gasteiger partial charge in [0.15, 0.2) is 0 Å². The van der Waals surface area contributed by atoms with Crippen molar-refractivity contribution in [2.75, 3.05) is 6.54 Å². The van der Waals surface area contributed by atoms with Crippen LogP contribution in [-0.2, 0) is 6.42 Å². The summed E-state index contributed by atoms with van der Waals surface area (Å²) in [6.45, 7) is 0.846. The Morgan fingerprint density at radius 1 is 1.09 bits per heavy atom. The Labute approximate surface area is 142 Å². The fraction of sp³-hybridized carbons (Fsp3) is 0.105. The number of hydrogen-bond acceptors (Lipinski definition) is 2. The highest BCUT2D eigenvalue weighted by Crippen LogP contribution is 2.33. The molecule has 0 amide bonds. The van der Waals surface area contributed by atoms with Gasteiger partial charge in [-0.2, -0.15) is 0 Å². The van der Waals surface area contributed by atoms with E-state index in [9.17, 15) is 0 Å². The number of aromatic nitrogens is 1. The van der Waals surface area contributed by atoms with Crippen LogP contribution in [0.5, 0.6) is 0 Å². The number of aromatic amines is 1. The first kappa shape index (κ1) is 13.3. The minimum atomic E-state index is 0.777. The molecule has 1 aliphatic heterocycles. The van der Waals surface area contributed by atoms with E-state index in [0.717, 1.165) is 23.7 Å². The Bertz CT molecular complexity index is 1090. The predicted molar refractivity (Wildman–Crippen MR) is 99.3 cm³/mol. The summed E-state index contributed by atoms with van der Waals surface area (Å²) in [6, 6.07) is 16.8. The molecule has 0 aliphatic carbocycles. The molecule has 2 nitrogen and oxygen atoms in total. The Morgan fingerprint density at radius 3 is 2.96 bits per heavy atom. The highest BCUT2D eigenvalue weighted by molar-refractivity contribution is 7.21. The molecule has 3 heterocycles. The number of para-hydroxylation sites is 1. The lowest BCUT2D eigenvalue weighted by Gasteiger charge is -2.11. The lowest BCUT2D eigenvalue weighted by Crippen LogP contribution is -2.12. The number of thiophene rings is 1. The number of H-pyrrole nitrogens is 1. The van der Waals surface area contributed by atoms with Gasteiger partial charge in [-0.1, -0.05) is 29.8 Å². The summed E-state index contributed by atoms with van der Waals surface area (Å²) in [7, 11) is 0. The third-order valence-corrected chi connectivity index (χ3v) is 5.75. The van der Waals surface area contributed by atoms with Crippen LogP contribution < -0.4 is 0 Å². The molecule has 0 saturated carbocycles. The zero-order chi connectivity index (χ0) is 15.4. The standard InChI is InChI=1S/C19H13ClN2S/c20-12-5-6-16-11(9-12)10-17(23-16)19-18-14(7-8-21-19)13-3-1-2-4-15(13)22-18/h1-6,9-10,22H,7-8H2. The van der Waals surface area contributed by atoms with Crippen LogP contribution in [0.25, 0.3) is 21.0 Å². The third-order valence-electron chi connectivity index (χ3n) is 4.39. The van der Waals surface area contributed by atoms with Gasteiger partial charge in [0.1, 0.15) is 0 Å². The van der Waals surface area contributed by atoms with E-state index in [0.29, 0.717) is 0 Å². The van der Waals surface area contributed by atoms with Gasteiger partial charge >= 0.3 is 0 Å². The van der Waals surface area contributed by atoms with E-state index in [-0.39, 0.29) is 0 Å². The van der Waals surface area contributed by atoms with Crippen molar-refractivity contribution >= 4 is 49.6 Å². The molecule has 1 aliphatic rings. The van der Waals surface area contributed by atoms with Crippen LogP contribution in [0.4, 0.5) is 0 Å². The van der Waals surface area contributed by atoms with Gasteiger partial charge in [-0.25, -0.2) is 0 Å². The summed E-state index contributed by atoms with van der Waals surface area (Å²) in [5.41, 5.74) is 4.84. The van der Waals surface area contributed by atoms with E-state index >= 15 is 0 Å². The van der Waals surface area contributed by atoms with Crippen molar-refractivity contribution in [3.05, 3.63) is 69.7 Å². The SMILES string of the molecule is Clc1ccc2sc(C3=NCCc4c3[nH]c3ccccc43)cc2c1. The van der Waals surface area contributed by atoms with Crippen molar-refractivity contribution in [1.82, 2.24) is 4.98 Å². The maximum absolute atomic E-state index is 6.12. The van der Waals surface area contributed by atoms with Crippen molar-refractivity contribution in [3.8, 4) is 0 Å². The number of aliphatic imine (C=N–C) groups is 1. The van der Waals surface area contributed by atoms with Crippen molar-refractivity contribution in [1.29, 1.82) is 0 Å². The zero-order valence-corrected chi connectivity index (χ0v) is 13.8. The maximum Gasteiger partial charge on any atom is 0.0984 e. The first-order valence-corrected chi connectivity index (χ1v) is 8.83. The Balaban J connectivity index is 1.72. The van der Waals surface area contributed by atoms with E-state index in [4.69, 9.17) is 16.6 Å². The van der Waals surface area contributed by atoms with Gasteiger partial charge in [0.05, 0.1) is 16.3 Å². The molecule has 0 fully saturated rings. The normalized spacial score (nSPS) is 14.2. The lowest BCUT2D eigenvalue weighted by atomic mass is 10.0. The molecule has 4 aromatic rings. The number of fused-ring (bicyclic) bond motifs is 4. The summed E-state index contributed by atoms with van der Waals surface area (Å²) < 4.78 is 1.25. The third kappa shape index (κ3) is 2.04. The molecule has 0 spiro atoms. The highest BCUT2D eigenvalue weighted by atomic mass is 35.5. The maximum atomic E-state index is 6.12. The second-order valence-corrected chi connectivity index (χ2v) is 7.32. The first-order chi connectivity index (χ1) is 11.3. The van der Waals surface area contributed by atoms with Crippen molar-refractivity contribution in [2.24, 2.45) is 4.99 Å². The molecule has 23 heavy (non-hydrogen) atoms. The van der Waals surface area contributed by atoms with E-state index in [2.05, 4.69) is 41.4 Å². The van der Waals surface area contributed by atoms with Crippen LogP contribution >= 0.6 is 22.9 Å². The summed E-state index contributed by atoms with van der Waals surface area (Å²) in [4.78, 5) is 9.59. The fourth-order valence-corrected chi connectivity index (χ4v) is 4.59. The predicted octanol–water partition coefficient (Wildman–Crippen LogP) is 5.43. The molecule has 0 unspecified atom stereocenters. The molecular weight excluding hydrogens is 324 g/mol. The van der Waals surface area contributed by atoms with Crippen molar-refractivity contribution in [3.63, 3.8) is 0 Å². The second kappa shape index (κ2) is 4.95. The van der Waals surface area contributed by atoms with Crippen LogP contribution in [0.2, 0.25) is 5.02 Å². The van der Waals surface area contributed by atoms with Gasteiger partial charge < -0.3 is 4.98 Å². The Kier molecular flexibility index (Phi) is 2.87. The molecule has 5 rings (SSSR count). The van der Waals surface area contributed by atoms with Crippen LogP contribution in [0.3, 0.4) is 0 Å². The number of rotatable bonds is 1. The molecule has 1 N–H and O–H groups in total. The minimum Gasteiger partial charge on any atom is -0.353 e. The number of nitrogens with one attached hydrogen (secondary N) is 1. The molecule has 0 bridgehead atoms. The van der Waals surface area contributed by atoms with Crippen LogP contribution in [-0.4, -0.2) is 17.2 Å². The molecule has 2 aromatic carbocycles. The zero-order valence-electron chi connectivity index (χ0n) is 12.3. The second-order valence-electron chi connectivity index (χ2n) is 5.80. The molecule has 0 radical (unpaired) electrons. The summed E-state index contributed by atoms with van der Waals surface area (Å²) in [5.74, 6) is 0. The lowest BCUT2D eigenvalue weighted by molar-refractivity contribution is 0.949. The van der Waals surface area contributed by atoms with Gasteiger partial charge in [-0.15, -0.1) is 11.3 Å². The van der Waals surface area contributed by atoms with E-state index in [1.54, 1.807) is 11.3 Å². The fourth-order valence-electron chi connectivity index (χ4n) is 3.35. The number of nitrogens with zero attached hydrogens (tertiary/aromatic N) is 1. The summed E-state index contributed by atoms with van der Waals surface area (Å²) in [5, 5.41) is 3.28. The Morgan fingerprint density at radius 2 is 2.00 bits per heavy atom. The molecular formula is C19H13ClN2S. The largest absolute Gasteiger partial charge is 0.353 e. The van der Waals surface area contributed by atoms with E-state index in [1.807, 2.05) is 12.1 Å². The van der Waals surface area contributed by atoms with E-state index < -0.39 is 0 Å². The average Bonchev–Trinajstić information content (AvgIpc) is 3.15. The number of benzene rings is 2. The monoisotopic (exact) mass is 336 g/mol.